The number of aliphatic hydroxyl groups excluding tert-OH is 3. The number of nitrogens with zero attached hydrogens (tertiary/aromatic N) is 2. The van der Waals surface area contributed by atoms with E-state index in [2.05, 4.69) is 5.10 Å². The van der Waals surface area contributed by atoms with Crippen molar-refractivity contribution in [2.75, 3.05) is 6.61 Å². The monoisotopic (exact) mass is 324 g/mol. The van der Waals surface area contributed by atoms with Gasteiger partial charge in [0.25, 0.3) is 4.84 Å². The fourth-order valence-corrected chi connectivity index (χ4v) is 2.57. The third kappa shape index (κ3) is 2.59. The number of hydrogen-bond donors (Lipinski definition) is 3. The first-order valence-electron chi connectivity index (χ1n) is 6.80. The van der Waals surface area contributed by atoms with Gasteiger partial charge in [-0.1, -0.05) is 17.7 Å². The van der Waals surface area contributed by atoms with Crippen LogP contribution in [0.25, 0.3) is 11.5 Å². The molecule has 0 spiro atoms. The standard InChI is InChI=1S/C14H16N2O5S/c1-7-2-4-8(5-3-7)12-15-16(14(22)21-12)13-11(19)10(18)9(6-17)20-13/h2-5,9-11,13,17-19H,6H2,1H3. The molecular formula is C14H16N2O5S. The van der Waals surface area contributed by atoms with Crippen LogP contribution in [0.1, 0.15) is 11.8 Å². The normalized spacial score (nSPS) is 28.2. The van der Waals surface area contributed by atoms with E-state index in [1.165, 1.54) is 4.68 Å². The van der Waals surface area contributed by atoms with Gasteiger partial charge in [-0.25, -0.2) is 0 Å². The van der Waals surface area contributed by atoms with Gasteiger partial charge in [-0.3, -0.25) is 0 Å². The highest BCUT2D eigenvalue weighted by atomic mass is 32.1. The second-order valence-electron chi connectivity index (χ2n) is 5.21. The average molecular weight is 324 g/mol. The van der Waals surface area contributed by atoms with Gasteiger partial charge in [-0.2, -0.15) is 4.68 Å². The number of hydrogen-bond acceptors (Lipinski definition) is 7. The molecule has 0 amide bonds. The Labute approximate surface area is 131 Å². The SMILES string of the molecule is Cc1ccc(-c2nn(C3OC(CO)C(O)C3O)c(=S)o2)cc1. The first-order valence-corrected chi connectivity index (χ1v) is 7.21. The molecule has 1 aliphatic heterocycles. The van der Waals surface area contributed by atoms with Crippen LogP contribution >= 0.6 is 12.2 Å². The van der Waals surface area contributed by atoms with Crippen molar-refractivity contribution >= 4 is 12.2 Å². The molecule has 1 aromatic carbocycles. The van der Waals surface area contributed by atoms with Crippen molar-refractivity contribution in [3.63, 3.8) is 0 Å². The molecule has 3 N–H and O–H groups in total. The van der Waals surface area contributed by atoms with E-state index in [1.807, 2.05) is 31.2 Å². The van der Waals surface area contributed by atoms with Gasteiger partial charge < -0.3 is 24.5 Å². The van der Waals surface area contributed by atoms with Crippen molar-refractivity contribution < 1.29 is 24.5 Å². The van der Waals surface area contributed by atoms with E-state index >= 15 is 0 Å². The van der Waals surface area contributed by atoms with E-state index in [9.17, 15) is 10.2 Å². The van der Waals surface area contributed by atoms with Crippen LogP contribution in [-0.4, -0.2) is 50.0 Å². The van der Waals surface area contributed by atoms with E-state index in [0.717, 1.165) is 11.1 Å². The molecular weight excluding hydrogens is 308 g/mol. The molecule has 2 aromatic rings. The van der Waals surface area contributed by atoms with Crippen molar-refractivity contribution in [1.29, 1.82) is 0 Å². The fraction of sp³-hybridized carbons (Fsp3) is 0.429. The molecule has 2 heterocycles. The van der Waals surface area contributed by atoms with Crippen molar-refractivity contribution in [1.82, 2.24) is 9.78 Å². The van der Waals surface area contributed by atoms with Gasteiger partial charge in [0.15, 0.2) is 6.23 Å². The minimum Gasteiger partial charge on any atom is -0.409 e. The number of aryl methyl sites for hydroxylation is 1. The van der Waals surface area contributed by atoms with Gasteiger partial charge in [0.2, 0.25) is 5.89 Å². The molecule has 4 atom stereocenters. The smallest absolute Gasteiger partial charge is 0.289 e. The highest BCUT2D eigenvalue weighted by Gasteiger charge is 2.44. The Kier molecular flexibility index (Phi) is 4.11. The zero-order valence-electron chi connectivity index (χ0n) is 11.8. The third-order valence-electron chi connectivity index (χ3n) is 3.63. The van der Waals surface area contributed by atoms with Crippen LogP contribution in [0, 0.1) is 11.8 Å². The van der Waals surface area contributed by atoms with Crippen LogP contribution in [0.15, 0.2) is 28.7 Å². The highest BCUT2D eigenvalue weighted by molar-refractivity contribution is 7.71. The van der Waals surface area contributed by atoms with Gasteiger partial charge in [0, 0.05) is 5.56 Å². The maximum Gasteiger partial charge on any atom is 0.289 e. The number of aliphatic hydroxyl groups is 3. The van der Waals surface area contributed by atoms with Crippen LogP contribution < -0.4 is 0 Å². The van der Waals surface area contributed by atoms with Crippen molar-refractivity contribution in [3.05, 3.63) is 34.7 Å². The Bertz CT molecular complexity index is 711. The average Bonchev–Trinajstić information content (AvgIpc) is 3.02. The molecule has 8 heteroatoms. The molecule has 0 radical (unpaired) electrons. The molecule has 22 heavy (non-hydrogen) atoms. The molecule has 1 aliphatic rings. The Balaban J connectivity index is 1.93. The summed E-state index contributed by atoms with van der Waals surface area (Å²) in [6, 6.07) is 7.52. The molecule has 1 saturated heterocycles. The summed E-state index contributed by atoms with van der Waals surface area (Å²) in [5.74, 6) is 0.294. The van der Waals surface area contributed by atoms with Crippen LogP contribution in [0.5, 0.6) is 0 Å². The summed E-state index contributed by atoms with van der Waals surface area (Å²) < 4.78 is 12.0. The van der Waals surface area contributed by atoms with Crippen molar-refractivity contribution in [2.24, 2.45) is 0 Å². The van der Waals surface area contributed by atoms with E-state index in [0.29, 0.717) is 5.89 Å². The lowest BCUT2D eigenvalue weighted by Crippen LogP contribution is -2.33. The molecule has 7 nitrogen and oxygen atoms in total. The van der Waals surface area contributed by atoms with Gasteiger partial charge in [-0.15, -0.1) is 5.10 Å². The van der Waals surface area contributed by atoms with Crippen molar-refractivity contribution in [2.45, 2.75) is 31.5 Å². The number of ether oxygens (including phenoxy) is 1. The molecule has 1 fully saturated rings. The van der Waals surface area contributed by atoms with Gasteiger partial charge in [0.05, 0.1) is 6.61 Å². The second-order valence-corrected chi connectivity index (χ2v) is 5.56. The molecule has 118 valence electrons. The predicted octanol–water partition coefficient (Wildman–Crippen LogP) is 0.793. The topological polar surface area (TPSA) is 101 Å². The Morgan fingerprint density at radius 2 is 1.91 bits per heavy atom. The van der Waals surface area contributed by atoms with Crippen LogP contribution in [0.2, 0.25) is 0 Å². The Morgan fingerprint density at radius 3 is 2.50 bits per heavy atom. The first-order chi connectivity index (χ1) is 10.5. The van der Waals surface area contributed by atoms with Gasteiger partial charge in [-0.05, 0) is 31.3 Å². The van der Waals surface area contributed by atoms with Crippen LogP contribution in [0.3, 0.4) is 0 Å². The largest absolute Gasteiger partial charge is 0.409 e. The molecule has 4 unspecified atom stereocenters. The first kappa shape index (κ1) is 15.3. The number of rotatable bonds is 3. The molecule has 0 saturated carbocycles. The zero-order chi connectivity index (χ0) is 15.9. The predicted molar refractivity (Wildman–Crippen MR) is 78.5 cm³/mol. The lowest BCUT2D eigenvalue weighted by Gasteiger charge is -2.13. The maximum atomic E-state index is 10.0. The zero-order valence-corrected chi connectivity index (χ0v) is 12.6. The summed E-state index contributed by atoms with van der Waals surface area (Å²) in [5, 5.41) is 33.1. The summed E-state index contributed by atoms with van der Waals surface area (Å²) in [6.45, 7) is 1.56. The second kappa shape index (κ2) is 5.90. The highest BCUT2D eigenvalue weighted by Crippen LogP contribution is 2.30. The van der Waals surface area contributed by atoms with Gasteiger partial charge >= 0.3 is 0 Å². The minimum absolute atomic E-state index is 0.0189. The van der Waals surface area contributed by atoms with E-state index < -0.39 is 31.1 Å². The molecule has 1 aromatic heterocycles. The molecule has 3 rings (SSSR count). The summed E-state index contributed by atoms with van der Waals surface area (Å²) in [5.41, 5.74) is 1.84. The summed E-state index contributed by atoms with van der Waals surface area (Å²) in [7, 11) is 0. The van der Waals surface area contributed by atoms with E-state index in [-0.39, 0.29) is 4.84 Å². The van der Waals surface area contributed by atoms with Crippen molar-refractivity contribution in [3.8, 4) is 11.5 Å². The fourth-order valence-electron chi connectivity index (χ4n) is 2.34. The van der Waals surface area contributed by atoms with E-state index in [4.69, 9.17) is 26.5 Å². The summed E-state index contributed by atoms with van der Waals surface area (Å²) in [4.78, 5) is 0.0189. The lowest BCUT2D eigenvalue weighted by molar-refractivity contribution is -0.0602. The molecule has 0 bridgehead atoms. The maximum absolute atomic E-state index is 10.0. The van der Waals surface area contributed by atoms with Crippen LogP contribution in [-0.2, 0) is 4.74 Å². The number of aromatic nitrogens is 2. The quantitative estimate of drug-likeness (QED) is 0.718. The third-order valence-corrected chi connectivity index (χ3v) is 3.90. The minimum atomic E-state index is -1.25. The molecule has 0 aliphatic carbocycles. The lowest BCUT2D eigenvalue weighted by atomic mass is 10.1. The summed E-state index contributed by atoms with van der Waals surface area (Å²) >= 11 is 5.10. The number of benzene rings is 1. The summed E-state index contributed by atoms with van der Waals surface area (Å²) in [6.07, 6.45) is -4.35. The Morgan fingerprint density at radius 1 is 1.23 bits per heavy atom. The van der Waals surface area contributed by atoms with E-state index in [1.54, 1.807) is 0 Å². The Hall–Kier alpha value is -1.58. The van der Waals surface area contributed by atoms with Gasteiger partial charge in [0.1, 0.15) is 18.3 Å². The van der Waals surface area contributed by atoms with Crippen LogP contribution in [0.4, 0.5) is 0 Å².